The zero-order valence-electron chi connectivity index (χ0n) is 6.92. The highest BCUT2D eigenvalue weighted by Crippen LogP contribution is 2.49. The molecule has 60 valence electrons. The molecule has 0 atom stereocenters. The summed E-state index contributed by atoms with van der Waals surface area (Å²) in [7, 11) is 0. The first-order chi connectivity index (χ1) is 5.27. The molecule has 0 unspecified atom stereocenters. The average molecular weight is 152 g/mol. The lowest BCUT2D eigenvalue weighted by Crippen LogP contribution is -2.06. The lowest BCUT2D eigenvalue weighted by molar-refractivity contribution is 0.380. The summed E-state index contributed by atoms with van der Waals surface area (Å²) in [6, 6.07) is 0. The van der Waals surface area contributed by atoms with Crippen LogP contribution in [0, 0.1) is 6.92 Å². The molecule has 0 amide bonds. The minimum absolute atomic E-state index is 0.289. The normalized spacial score (nSPS) is 20.2. The molecule has 1 saturated carbocycles. The van der Waals surface area contributed by atoms with Crippen molar-refractivity contribution >= 4 is 0 Å². The molecule has 0 N–H and O–H groups in total. The van der Waals surface area contributed by atoms with Gasteiger partial charge in [-0.15, -0.1) is 0 Å². The molecule has 0 aliphatic heterocycles. The summed E-state index contributed by atoms with van der Waals surface area (Å²) in [4.78, 5) is 4.24. The van der Waals surface area contributed by atoms with Crippen molar-refractivity contribution in [3.63, 3.8) is 0 Å². The monoisotopic (exact) mass is 152 g/mol. The molecule has 11 heavy (non-hydrogen) atoms. The van der Waals surface area contributed by atoms with Crippen LogP contribution in [0.4, 0.5) is 0 Å². The third kappa shape index (κ3) is 0.951. The van der Waals surface area contributed by atoms with E-state index in [-0.39, 0.29) is 5.41 Å². The van der Waals surface area contributed by atoms with Gasteiger partial charge in [-0.2, -0.15) is 4.98 Å². The Kier molecular flexibility index (Phi) is 1.28. The van der Waals surface area contributed by atoms with E-state index >= 15 is 0 Å². The third-order valence-electron chi connectivity index (χ3n) is 2.53. The number of rotatable bonds is 2. The van der Waals surface area contributed by atoms with E-state index in [9.17, 15) is 0 Å². The van der Waals surface area contributed by atoms with Gasteiger partial charge in [-0.1, -0.05) is 12.1 Å². The third-order valence-corrected chi connectivity index (χ3v) is 2.53. The van der Waals surface area contributed by atoms with Crippen LogP contribution in [0.3, 0.4) is 0 Å². The van der Waals surface area contributed by atoms with Crippen molar-refractivity contribution in [3.05, 3.63) is 11.7 Å². The zero-order valence-corrected chi connectivity index (χ0v) is 6.92. The molecule has 1 heterocycles. The van der Waals surface area contributed by atoms with Gasteiger partial charge in [-0.3, -0.25) is 0 Å². The van der Waals surface area contributed by atoms with Crippen LogP contribution >= 0.6 is 0 Å². The highest BCUT2D eigenvalue weighted by Gasteiger charge is 2.46. The first-order valence-corrected chi connectivity index (χ1v) is 4.08. The van der Waals surface area contributed by atoms with Gasteiger partial charge in [0, 0.05) is 12.3 Å². The number of hydrogen-bond acceptors (Lipinski definition) is 3. The van der Waals surface area contributed by atoms with Gasteiger partial charge >= 0.3 is 0 Å². The minimum Gasteiger partial charge on any atom is -0.340 e. The van der Waals surface area contributed by atoms with Gasteiger partial charge in [0.1, 0.15) is 0 Å². The summed E-state index contributed by atoms with van der Waals surface area (Å²) in [5.41, 5.74) is 0.289. The maximum atomic E-state index is 4.93. The number of aryl methyl sites for hydroxylation is 1. The molecule has 1 fully saturated rings. The number of aromatic nitrogens is 2. The summed E-state index contributed by atoms with van der Waals surface area (Å²) in [6.45, 7) is 4.01. The maximum absolute atomic E-state index is 4.93. The van der Waals surface area contributed by atoms with Crippen LogP contribution in [0.25, 0.3) is 0 Å². The summed E-state index contributed by atoms with van der Waals surface area (Å²) in [5, 5.41) is 3.93. The van der Waals surface area contributed by atoms with E-state index in [0.717, 1.165) is 12.2 Å². The molecule has 3 heteroatoms. The topological polar surface area (TPSA) is 38.9 Å². The Balaban J connectivity index is 2.29. The molecular weight excluding hydrogens is 140 g/mol. The van der Waals surface area contributed by atoms with E-state index in [2.05, 4.69) is 17.1 Å². The van der Waals surface area contributed by atoms with Crippen molar-refractivity contribution in [2.75, 3.05) is 0 Å². The molecule has 0 saturated heterocycles. The molecule has 1 aliphatic carbocycles. The smallest absolute Gasteiger partial charge is 0.223 e. The number of hydrogen-bond donors (Lipinski definition) is 0. The standard InChI is InChI=1S/C8H12N2O/c1-3-8(4-5-8)7-9-6(2)11-10-7/h3-5H2,1-2H3. The van der Waals surface area contributed by atoms with Gasteiger partial charge in [0.15, 0.2) is 5.82 Å². The Morgan fingerprint density at radius 3 is 2.64 bits per heavy atom. The Morgan fingerprint density at radius 2 is 2.27 bits per heavy atom. The highest BCUT2D eigenvalue weighted by molar-refractivity contribution is 5.15. The molecule has 2 rings (SSSR count). The predicted molar refractivity (Wildman–Crippen MR) is 40.2 cm³/mol. The average Bonchev–Trinajstić information content (AvgIpc) is 2.70. The van der Waals surface area contributed by atoms with Gasteiger partial charge < -0.3 is 4.52 Å². The van der Waals surface area contributed by atoms with Gasteiger partial charge in [0.05, 0.1) is 0 Å². The van der Waals surface area contributed by atoms with E-state index in [1.54, 1.807) is 0 Å². The summed E-state index contributed by atoms with van der Waals surface area (Å²) >= 11 is 0. The van der Waals surface area contributed by atoms with E-state index in [1.807, 2.05) is 6.92 Å². The van der Waals surface area contributed by atoms with Gasteiger partial charge in [-0.05, 0) is 19.3 Å². The lowest BCUT2D eigenvalue weighted by atomic mass is 10.0. The molecule has 3 nitrogen and oxygen atoms in total. The van der Waals surface area contributed by atoms with Crippen molar-refractivity contribution in [2.45, 2.75) is 38.5 Å². The summed E-state index contributed by atoms with van der Waals surface area (Å²) < 4.78 is 4.93. The van der Waals surface area contributed by atoms with E-state index < -0.39 is 0 Å². The van der Waals surface area contributed by atoms with Crippen LogP contribution in [0.1, 0.15) is 37.9 Å². The van der Waals surface area contributed by atoms with Crippen molar-refractivity contribution < 1.29 is 4.52 Å². The zero-order chi connectivity index (χ0) is 7.90. The fourth-order valence-electron chi connectivity index (χ4n) is 1.40. The largest absolute Gasteiger partial charge is 0.340 e. The maximum Gasteiger partial charge on any atom is 0.223 e. The van der Waals surface area contributed by atoms with Crippen molar-refractivity contribution in [1.29, 1.82) is 0 Å². The van der Waals surface area contributed by atoms with Crippen LogP contribution in [0.5, 0.6) is 0 Å². The lowest BCUT2D eigenvalue weighted by Gasteiger charge is -2.03. The molecule has 1 aliphatic rings. The molecule has 0 radical (unpaired) electrons. The number of nitrogens with zero attached hydrogens (tertiary/aromatic N) is 2. The SMILES string of the molecule is CCC1(c2noc(C)n2)CC1. The minimum atomic E-state index is 0.289. The molecule has 0 bridgehead atoms. The van der Waals surface area contributed by atoms with Gasteiger partial charge in [0.25, 0.3) is 0 Å². The van der Waals surface area contributed by atoms with Crippen molar-refractivity contribution in [1.82, 2.24) is 10.1 Å². The van der Waals surface area contributed by atoms with Crippen LogP contribution < -0.4 is 0 Å². The Hall–Kier alpha value is -0.860. The second-order valence-corrected chi connectivity index (χ2v) is 3.27. The summed E-state index contributed by atoms with van der Waals surface area (Å²) in [5.74, 6) is 1.59. The Bertz CT molecular complexity index is 263. The van der Waals surface area contributed by atoms with Crippen LogP contribution in [0.15, 0.2) is 4.52 Å². The van der Waals surface area contributed by atoms with Crippen molar-refractivity contribution in [3.8, 4) is 0 Å². The molecule has 0 aromatic carbocycles. The first kappa shape index (κ1) is 6.83. The molecule has 1 aromatic rings. The fraction of sp³-hybridized carbons (Fsp3) is 0.750. The van der Waals surface area contributed by atoms with Crippen LogP contribution in [-0.4, -0.2) is 10.1 Å². The Morgan fingerprint density at radius 1 is 1.55 bits per heavy atom. The van der Waals surface area contributed by atoms with Crippen LogP contribution in [0.2, 0.25) is 0 Å². The molecular formula is C8H12N2O. The molecule has 0 spiro atoms. The Labute approximate surface area is 65.8 Å². The van der Waals surface area contributed by atoms with E-state index in [4.69, 9.17) is 4.52 Å². The van der Waals surface area contributed by atoms with Crippen LogP contribution in [-0.2, 0) is 5.41 Å². The summed E-state index contributed by atoms with van der Waals surface area (Å²) in [6.07, 6.45) is 3.58. The van der Waals surface area contributed by atoms with Gasteiger partial charge in [0.2, 0.25) is 5.89 Å². The predicted octanol–water partition coefficient (Wildman–Crippen LogP) is 1.82. The fourth-order valence-corrected chi connectivity index (χ4v) is 1.40. The first-order valence-electron chi connectivity index (χ1n) is 4.08. The molecule has 1 aromatic heterocycles. The second-order valence-electron chi connectivity index (χ2n) is 3.27. The van der Waals surface area contributed by atoms with Crippen molar-refractivity contribution in [2.24, 2.45) is 0 Å². The van der Waals surface area contributed by atoms with E-state index in [0.29, 0.717) is 5.89 Å². The van der Waals surface area contributed by atoms with E-state index in [1.165, 1.54) is 12.8 Å². The quantitative estimate of drug-likeness (QED) is 0.648. The second kappa shape index (κ2) is 2.06. The van der Waals surface area contributed by atoms with Gasteiger partial charge in [-0.25, -0.2) is 0 Å². The highest BCUT2D eigenvalue weighted by atomic mass is 16.5.